The molecule has 2 amide bonds. The molecule has 3 saturated heterocycles. The van der Waals surface area contributed by atoms with E-state index in [9.17, 15) is 19.5 Å². The Balaban J connectivity index is 2.12. The summed E-state index contributed by atoms with van der Waals surface area (Å²) in [7, 11) is 0. The van der Waals surface area contributed by atoms with Crippen LogP contribution in [-0.2, 0) is 23.9 Å². The van der Waals surface area contributed by atoms with Gasteiger partial charge in [-0.3, -0.25) is 14.4 Å². The number of carbonyl (C=O) groups excluding carboxylic acids is 3. The van der Waals surface area contributed by atoms with Crippen molar-refractivity contribution in [3.8, 4) is 0 Å². The zero-order chi connectivity index (χ0) is 26.1. The molecule has 0 aromatic rings. The van der Waals surface area contributed by atoms with Crippen molar-refractivity contribution in [2.24, 2.45) is 17.8 Å². The molecule has 3 aliphatic heterocycles. The van der Waals surface area contributed by atoms with E-state index in [0.29, 0.717) is 25.8 Å². The van der Waals surface area contributed by atoms with Gasteiger partial charge < -0.3 is 24.4 Å². The highest BCUT2D eigenvalue weighted by atomic mass is 16.6. The summed E-state index contributed by atoms with van der Waals surface area (Å²) in [6.45, 7) is 17.3. The Labute approximate surface area is 209 Å². The predicted molar refractivity (Wildman–Crippen MR) is 132 cm³/mol. The lowest BCUT2D eigenvalue weighted by molar-refractivity contribution is -0.163. The SMILES string of the molecule is C=CCCOC(=O)[C@@H]1[C@H]2C(=O)N([C@@H](CO)[C@@H](C)CC)C(C(=O)N(CC=C)C(C)C)C23CC[C@@]1(C)O3. The Morgan fingerprint density at radius 1 is 1.29 bits per heavy atom. The number of hydrogen-bond donors (Lipinski definition) is 1. The lowest BCUT2D eigenvalue weighted by atomic mass is 9.66. The van der Waals surface area contributed by atoms with Crippen molar-refractivity contribution < 1.29 is 29.0 Å². The first-order chi connectivity index (χ1) is 16.5. The molecule has 3 aliphatic rings. The average Bonchev–Trinajstić information content (AvgIpc) is 3.38. The lowest BCUT2D eigenvalue weighted by Gasteiger charge is -2.42. The smallest absolute Gasteiger partial charge is 0.312 e. The first kappa shape index (κ1) is 27.4. The monoisotopic (exact) mass is 490 g/mol. The van der Waals surface area contributed by atoms with Crippen molar-refractivity contribution in [1.29, 1.82) is 0 Å². The third-order valence-corrected chi connectivity index (χ3v) is 8.35. The van der Waals surface area contributed by atoms with Crippen molar-refractivity contribution in [2.45, 2.75) is 89.6 Å². The summed E-state index contributed by atoms with van der Waals surface area (Å²) < 4.78 is 12.2. The number of amides is 2. The van der Waals surface area contributed by atoms with Crippen molar-refractivity contribution in [2.75, 3.05) is 19.8 Å². The van der Waals surface area contributed by atoms with E-state index in [1.54, 1.807) is 22.0 Å². The van der Waals surface area contributed by atoms with Crippen molar-refractivity contribution in [1.82, 2.24) is 9.80 Å². The summed E-state index contributed by atoms with van der Waals surface area (Å²) in [6.07, 6.45) is 5.61. The van der Waals surface area contributed by atoms with E-state index in [2.05, 4.69) is 13.2 Å². The maximum absolute atomic E-state index is 14.2. The fourth-order valence-electron chi connectivity index (χ4n) is 6.36. The summed E-state index contributed by atoms with van der Waals surface area (Å²) in [5, 5.41) is 10.4. The zero-order valence-electron chi connectivity index (χ0n) is 21.9. The molecular formula is C27H42N2O6. The second-order valence-corrected chi connectivity index (χ2v) is 10.7. The summed E-state index contributed by atoms with van der Waals surface area (Å²) in [5.41, 5.74) is -2.03. The molecule has 2 bridgehead atoms. The molecule has 7 atom stereocenters. The van der Waals surface area contributed by atoms with Crippen LogP contribution in [0.3, 0.4) is 0 Å². The molecule has 8 nitrogen and oxygen atoms in total. The molecule has 0 aliphatic carbocycles. The number of esters is 1. The van der Waals surface area contributed by atoms with Gasteiger partial charge in [-0.05, 0) is 46.0 Å². The Bertz CT molecular complexity index is 859. The largest absolute Gasteiger partial charge is 0.465 e. The molecule has 35 heavy (non-hydrogen) atoms. The van der Waals surface area contributed by atoms with E-state index in [1.807, 2.05) is 34.6 Å². The number of hydrogen-bond acceptors (Lipinski definition) is 6. The van der Waals surface area contributed by atoms with E-state index < -0.39 is 41.1 Å². The van der Waals surface area contributed by atoms with Gasteiger partial charge >= 0.3 is 5.97 Å². The fraction of sp³-hybridized carbons (Fsp3) is 0.741. The van der Waals surface area contributed by atoms with Crippen LogP contribution in [0.5, 0.6) is 0 Å². The van der Waals surface area contributed by atoms with Gasteiger partial charge in [-0.2, -0.15) is 0 Å². The van der Waals surface area contributed by atoms with Crippen LogP contribution in [0.15, 0.2) is 25.3 Å². The van der Waals surface area contributed by atoms with Gasteiger partial charge in [-0.25, -0.2) is 0 Å². The van der Waals surface area contributed by atoms with Gasteiger partial charge in [0.15, 0.2) is 0 Å². The van der Waals surface area contributed by atoms with Crippen molar-refractivity contribution in [3.63, 3.8) is 0 Å². The zero-order valence-corrected chi connectivity index (χ0v) is 21.9. The minimum Gasteiger partial charge on any atom is -0.465 e. The molecule has 0 aromatic carbocycles. The molecule has 0 saturated carbocycles. The molecule has 3 rings (SSSR count). The number of rotatable bonds is 12. The molecular weight excluding hydrogens is 448 g/mol. The number of likely N-dealkylation sites (tertiary alicyclic amines) is 1. The van der Waals surface area contributed by atoms with E-state index in [-0.39, 0.29) is 37.0 Å². The van der Waals surface area contributed by atoms with Crippen LogP contribution in [0.2, 0.25) is 0 Å². The van der Waals surface area contributed by atoms with E-state index >= 15 is 0 Å². The van der Waals surface area contributed by atoms with Gasteiger partial charge in [-0.15, -0.1) is 13.2 Å². The third-order valence-electron chi connectivity index (χ3n) is 8.35. The Hall–Kier alpha value is -2.19. The number of ether oxygens (including phenoxy) is 2. The molecule has 2 unspecified atom stereocenters. The fourth-order valence-corrected chi connectivity index (χ4v) is 6.36. The standard InChI is InChI=1S/C27H42N2O6/c1-8-11-15-34-25(33)21-20-23(31)29(19(16-30)18(6)10-3)22(24(32)28(14-9-2)17(4)5)27(20)13-12-26(21,7)35-27/h8-9,17-22,30H,1-2,10-16H2,3-7H3/t18-,19-,20-,21-,22?,26+,27?/m0/s1. The molecule has 0 radical (unpaired) electrons. The maximum Gasteiger partial charge on any atom is 0.312 e. The van der Waals surface area contributed by atoms with Crippen LogP contribution in [-0.4, -0.2) is 81.8 Å². The second-order valence-electron chi connectivity index (χ2n) is 10.7. The lowest BCUT2D eigenvalue weighted by Crippen LogP contribution is -2.60. The third kappa shape index (κ3) is 4.33. The first-order valence-corrected chi connectivity index (χ1v) is 12.9. The van der Waals surface area contributed by atoms with Crippen molar-refractivity contribution in [3.05, 3.63) is 25.3 Å². The molecule has 8 heteroatoms. The minimum absolute atomic E-state index is 0.0489. The van der Waals surface area contributed by atoms with Gasteiger partial charge in [0.25, 0.3) is 0 Å². The average molecular weight is 491 g/mol. The Morgan fingerprint density at radius 2 is 1.97 bits per heavy atom. The van der Waals surface area contributed by atoms with Gasteiger partial charge in [0.1, 0.15) is 17.6 Å². The summed E-state index contributed by atoms with van der Waals surface area (Å²) >= 11 is 0. The van der Waals surface area contributed by atoms with Crippen LogP contribution in [0.25, 0.3) is 0 Å². The number of fused-ring (bicyclic) bond motifs is 1. The van der Waals surface area contributed by atoms with Crippen LogP contribution in [0, 0.1) is 17.8 Å². The summed E-state index contributed by atoms with van der Waals surface area (Å²) in [4.78, 5) is 44.9. The first-order valence-electron chi connectivity index (χ1n) is 12.9. The quantitative estimate of drug-likeness (QED) is 0.257. The van der Waals surface area contributed by atoms with Gasteiger partial charge in [0.2, 0.25) is 11.8 Å². The molecule has 3 fully saturated rings. The van der Waals surface area contributed by atoms with E-state index in [4.69, 9.17) is 9.47 Å². The number of nitrogens with zero attached hydrogens (tertiary/aromatic N) is 2. The molecule has 3 heterocycles. The summed E-state index contributed by atoms with van der Waals surface area (Å²) in [6, 6.07) is -1.62. The van der Waals surface area contributed by atoms with E-state index in [0.717, 1.165) is 6.42 Å². The minimum atomic E-state index is -1.14. The normalized spacial score (nSPS) is 32.9. The number of aliphatic hydroxyl groups is 1. The highest BCUT2D eigenvalue weighted by Crippen LogP contribution is 2.64. The molecule has 196 valence electrons. The maximum atomic E-state index is 14.2. The van der Waals surface area contributed by atoms with Gasteiger partial charge in [0.05, 0.1) is 30.8 Å². The molecule has 1 spiro atoms. The number of aliphatic hydroxyl groups excluding tert-OH is 1. The van der Waals surface area contributed by atoms with Crippen LogP contribution < -0.4 is 0 Å². The summed E-state index contributed by atoms with van der Waals surface area (Å²) in [5.74, 6) is -2.70. The Kier molecular flexibility index (Phi) is 8.16. The van der Waals surface area contributed by atoms with Crippen LogP contribution in [0.4, 0.5) is 0 Å². The molecule has 0 aromatic heterocycles. The second kappa shape index (κ2) is 10.4. The number of carbonyl (C=O) groups is 3. The van der Waals surface area contributed by atoms with Crippen molar-refractivity contribution >= 4 is 17.8 Å². The topological polar surface area (TPSA) is 96.4 Å². The van der Waals surface area contributed by atoms with Crippen LogP contribution in [0.1, 0.15) is 60.3 Å². The predicted octanol–water partition coefficient (Wildman–Crippen LogP) is 2.70. The van der Waals surface area contributed by atoms with Gasteiger partial charge in [-0.1, -0.05) is 32.4 Å². The highest BCUT2D eigenvalue weighted by molar-refractivity contribution is 5.98. The van der Waals surface area contributed by atoms with Gasteiger partial charge in [0, 0.05) is 12.6 Å². The molecule has 1 N–H and O–H groups in total. The van der Waals surface area contributed by atoms with E-state index in [1.165, 1.54) is 0 Å². The Morgan fingerprint density at radius 3 is 2.51 bits per heavy atom. The van der Waals surface area contributed by atoms with Crippen LogP contribution >= 0.6 is 0 Å². The highest BCUT2D eigenvalue weighted by Gasteiger charge is 2.79.